The Balaban J connectivity index is 2.15. The predicted molar refractivity (Wildman–Crippen MR) is 82.4 cm³/mol. The molecule has 0 radical (unpaired) electrons. The van der Waals surface area contributed by atoms with Crippen LogP contribution in [0.1, 0.15) is 37.9 Å². The fourth-order valence-electron chi connectivity index (χ4n) is 2.62. The van der Waals surface area contributed by atoms with Crippen LogP contribution < -0.4 is 11.3 Å². The lowest BCUT2D eigenvalue weighted by molar-refractivity contribution is -0.0393. The molecular weight excluding hydrogens is 250 g/mol. The van der Waals surface area contributed by atoms with Crippen molar-refractivity contribution in [3.63, 3.8) is 0 Å². The summed E-state index contributed by atoms with van der Waals surface area (Å²) in [5.41, 5.74) is 5.60. The van der Waals surface area contributed by atoms with Gasteiger partial charge < -0.3 is 9.64 Å². The third kappa shape index (κ3) is 3.58. The maximum Gasteiger partial charge on any atom is 0.0909 e. The van der Waals surface area contributed by atoms with Crippen LogP contribution in [0.15, 0.2) is 24.3 Å². The number of nitrogens with one attached hydrogen (secondary N) is 1. The summed E-state index contributed by atoms with van der Waals surface area (Å²) < 4.78 is 5.87. The molecule has 1 aliphatic rings. The van der Waals surface area contributed by atoms with E-state index in [0.717, 1.165) is 19.7 Å². The Kier molecular flexibility index (Phi) is 4.81. The number of nitrogens with zero attached hydrogens (tertiary/aromatic N) is 1. The fraction of sp³-hybridized carbons (Fsp3) is 0.625. The second-order valence-corrected chi connectivity index (χ2v) is 6.69. The molecule has 0 amide bonds. The number of nitrogens with two attached hydrogens (primary N) is 1. The number of benzene rings is 1. The standard InChI is InChI=1S/C16H27N3O/c1-16(2,3)13-7-5-12(6-8-13)15(18-17)14-11-19(4)9-10-20-14/h5-8,14-15,18H,9-11,17H2,1-4H3. The minimum absolute atomic E-state index is 0.0340. The van der Waals surface area contributed by atoms with E-state index in [2.05, 4.69) is 62.4 Å². The summed E-state index contributed by atoms with van der Waals surface area (Å²) in [6.45, 7) is 9.31. The zero-order chi connectivity index (χ0) is 14.8. The van der Waals surface area contributed by atoms with Gasteiger partial charge in [0.25, 0.3) is 0 Å². The molecule has 1 heterocycles. The van der Waals surface area contributed by atoms with Gasteiger partial charge in [-0.15, -0.1) is 0 Å². The number of hydrazine groups is 1. The summed E-state index contributed by atoms with van der Waals surface area (Å²) in [5, 5.41) is 0. The van der Waals surface area contributed by atoms with E-state index in [4.69, 9.17) is 10.6 Å². The molecule has 4 heteroatoms. The monoisotopic (exact) mass is 277 g/mol. The van der Waals surface area contributed by atoms with Gasteiger partial charge in [0.15, 0.2) is 0 Å². The average molecular weight is 277 g/mol. The SMILES string of the molecule is CN1CCOC(C(NN)c2ccc(C(C)(C)C)cc2)C1. The first-order valence-electron chi connectivity index (χ1n) is 7.28. The average Bonchev–Trinajstić information content (AvgIpc) is 2.39. The molecule has 20 heavy (non-hydrogen) atoms. The van der Waals surface area contributed by atoms with Crippen molar-refractivity contribution >= 4 is 0 Å². The molecule has 0 saturated carbocycles. The molecule has 1 saturated heterocycles. The van der Waals surface area contributed by atoms with Crippen molar-refractivity contribution < 1.29 is 4.74 Å². The second kappa shape index (κ2) is 6.22. The molecule has 1 aromatic carbocycles. The molecule has 0 aromatic heterocycles. The van der Waals surface area contributed by atoms with Crippen molar-refractivity contribution in [1.82, 2.24) is 10.3 Å². The van der Waals surface area contributed by atoms with Crippen molar-refractivity contribution in [1.29, 1.82) is 0 Å². The van der Waals surface area contributed by atoms with E-state index < -0.39 is 0 Å². The molecule has 112 valence electrons. The number of morpholine rings is 1. The summed E-state index contributed by atoms with van der Waals surface area (Å²) in [6, 6.07) is 8.72. The lowest BCUT2D eigenvalue weighted by atomic mass is 9.86. The Morgan fingerprint density at radius 2 is 1.95 bits per heavy atom. The molecule has 1 fully saturated rings. The van der Waals surface area contributed by atoms with Crippen molar-refractivity contribution in [3.05, 3.63) is 35.4 Å². The fourth-order valence-corrected chi connectivity index (χ4v) is 2.62. The minimum Gasteiger partial charge on any atom is -0.374 e. The van der Waals surface area contributed by atoms with E-state index in [0.29, 0.717) is 0 Å². The van der Waals surface area contributed by atoms with Crippen LogP contribution >= 0.6 is 0 Å². The summed E-state index contributed by atoms with van der Waals surface area (Å²) in [4.78, 5) is 2.28. The number of hydrogen-bond donors (Lipinski definition) is 2. The first-order valence-corrected chi connectivity index (χ1v) is 7.28. The molecule has 3 N–H and O–H groups in total. The van der Waals surface area contributed by atoms with E-state index >= 15 is 0 Å². The van der Waals surface area contributed by atoms with Crippen LogP contribution in [-0.2, 0) is 10.2 Å². The highest BCUT2D eigenvalue weighted by molar-refractivity contribution is 5.29. The maximum atomic E-state index is 5.87. The quantitative estimate of drug-likeness (QED) is 0.653. The van der Waals surface area contributed by atoms with Crippen molar-refractivity contribution in [2.75, 3.05) is 26.7 Å². The van der Waals surface area contributed by atoms with Gasteiger partial charge in [-0.3, -0.25) is 11.3 Å². The van der Waals surface area contributed by atoms with Gasteiger partial charge in [0.05, 0.1) is 18.8 Å². The minimum atomic E-state index is 0.0340. The van der Waals surface area contributed by atoms with Gasteiger partial charge in [-0.05, 0) is 23.6 Å². The number of likely N-dealkylation sites (N-methyl/N-ethyl adjacent to an activating group) is 1. The van der Waals surface area contributed by atoms with E-state index in [1.54, 1.807) is 0 Å². The zero-order valence-corrected chi connectivity index (χ0v) is 13.0. The molecule has 1 aliphatic heterocycles. The molecule has 2 rings (SSSR count). The molecular formula is C16H27N3O. The maximum absolute atomic E-state index is 5.87. The predicted octanol–water partition coefficient (Wildman–Crippen LogP) is 1.82. The molecule has 0 spiro atoms. The van der Waals surface area contributed by atoms with Crippen LogP contribution in [0.3, 0.4) is 0 Å². The van der Waals surface area contributed by atoms with Gasteiger partial charge in [0, 0.05) is 13.1 Å². The third-order valence-electron chi connectivity index (χ3n) is 3.98. The van der Waals surface area contributed by atoms with Gasteiger partial charge >= 0.3 is 0 Å². The van der Waals surface area contributed by atoms with Crippen LogP contribution in [0.25, 0.3) is 0 Å². The Bertz CT molecular complexity index is 424. The first kappa shape index (κ1) is 15.4. The van der Waals surface area contributed by atoms with E-state index in [9.17, 15) is 0 Å². The normalized spacial score (nSPS) is 22.8. The topological polar surface area (TPSA) is 50.5 Å². The highest BCUT2D eigenvalue weighted by Gasteiger charge is 2.27. The van der Waals surface area contributed by atoms with Crippen LogP contribution in [0.2, 0.25) is 0 Å². The highest BCUT2D eigenvalue weighted by Crippen LogP contribution is 2.26. The summed E-state index contributed by atoms with van der Waals surface area (Å²) in [5.74, 6) is 5.76. The van der Waals surface area contributed by atoms with Gasteiger partial charge in [-0.2, -0.15) is 0 Å². The van der Waals surface area contributed by atoms with E-state index in [1.165, 1.54) is 11.1 Å². The van der Waals surface area contributed by atoms with Gasteiger partial charge in [0.2, 0.25) is 0 Å². The third-order valence-corrected chi connectivity index (χ3v) is 3.98. The van der Waals surface area contributed by atoms with Crippen LogP contribution in [-0.4, -0.2) is 37.7 Å². The zero-order valence-electron chi connectivity index (χ0n) is 13.0. The van der Waals surface area contributed by atoms with Crippen LogP contribution in [0, 0.1) is 0 Å². The Hall–Kier alpha value is -0.940. The lowest BCUT2D eigenvalue weighted by Gasteiger charge is -2.35. The molecule has 4 nitrogen and oxygen atoms in total. The van der Waals surface area contributed by atoms with Gasteiger partial charge in [0.1, 0.15) is 0 Å². The molecule has 2 atom stereocenters. The Morgan fingerprint density at radius 3 is 2.45 bits per heavy atom. The van der Waals surface area contributed by atoms with Crippen molar-refractivity contribution in [3.8, 4) is 0 Å². The molecule has 2 unspecified atom stereocenters. The molecule has 1 aromatic rings. The summed E-state index contributed by atoms with van der Waals surface area (Å²) in [6.07, 6.45) is 0.0965. The van der Waals surface area contributed by atoms with Crippen LogP contribution in [0.4, 0.5) is 0 Å². The number of ether oxygens (including phenoxy) is 1. The highest BCUT2D eigenvalue weighted by atomic mass is 16.5. The summed E-state index contributed by atoms with van der Waals surface area (Å²) >= 11 is 0. The van der Waals surface area contributed by atoms with Crippen LogP contribution in [0.5, 0.6) is 0 Å². The smallest absolute Gasteiger partial charge is 0.0909 e. The largest absolute Gasteiger partial charge is 0.374 e. The Morgan fingerprint density at radius 1 is 1.30 bits per heavy atom. The van der Waals surface area contributed by atoms with E-state index in [1.807, 2.05) is 0 Å². The lowest BCUT2D eigenvalue weighted by Crippen LogP contribution is -2.48. The second-order valence-electron chi connectivity index (χ2n) is 6.69. The Labute approximate surface area is 122 Å². The molecule has 0 aliphatic carbocycles. The van der Waals surface area contributed by atoms with Crippen molar-refractivity contribution in [2.24, 2.45) is 5.84 Å². The molecule has 0 bridgehead atoms. The number of rotatable bonds is 3. The van der Waals surface area contributed by atoms with Gasteiger partial charge in [-0.1, -0.05) is 45.0 Å². The first-order chi connectivity index (χ1) is 9.41. The van der Waals surface area contributed by atoms with E-state index in [-0.39, 0.29) is 17.6 Å². The van der Waals surface area contributed by atoms with Crippen molar-refractivity contribution in [2.45, 2.75) is 38.3 Å². The summed E-state index contributed by atoms with van der Waals surface area (Å²) in [7, 11) is 2.12. The number of hydrogen-bond acceptors (Lipinski definition) is 4. The van der Waals surface area contributed by atoms with Gasteiger partial charge in [-0.25, -0.2) is 0 Å².